The molecule has 2 N–H and O–H groups in total. The third-order valence-corrected chi connectivity index (χ3v) is 5.38. The van der Waals surface area contributed by atoms with Crippen molar-refractivity contribution in [3.63, 3.8) is 0 Å². The quantitative estimate of drug-likeness (QED) is 0.830. The normalized spacial score (nSPS) is 18.9. The highest BCUT2D eigenvalue weighted by Gasteiger charge is 2.31. The fourth-order valence-corrected chi connectivity index (χ4v) is 3.80. The van der Waals surface area contributed by atoms with Gasteiger partial charge in [-0.2, -0.15) is 0 Å². The average molecular weight is 400 g/mol. The molecule has 2 aromatic rings. The summed E-state index contributed by atoms with van der Waals surface area (Å²) in [5.74, 6) is 0.608. The van der Waals surface area contributed by atoms with E-state index in [2.05, 4.69) is 10.6 Å². The summed E-state index contributed by atoms with van der Waals surface area (Å²) in [6, 6.07) is 14.7. The van der Waals surface area contributed by atoms with Crippen LogP contribution in [-0.2, 0) is 11.2 Å². The van der Waals surface area contributed by atoms with Crippen molar-refractivity contribution in [3.8, 4) is 5.75 Å². The minimum absolute atomic E-state index is 0.0455. The molecule has 7 heteroatoms. The average Bonchev–Trinajstić information content (AvgIpc) is 3.12. The Bertz CT molecular complexity index is 866. The third-order valence-electron chi connectivity index (χ3n) is 5.14. The molecule has 0 aromatic heterocycles. The Morgan fingerprint density at radius 1 is 1.07 bits per heavy atom. The van der Waals surface area contributed by atoms with Crippen molar-refractivity contribution in [1.29, 1.82) is 0 Å². The number of nitrogens with one attached hydrogen (secondary N) is 2. The Morgan fingerprint density at radius 2 is 1.82 bits per heavy atom. The number of benzene rings is 2. The summed E-state index contributed by atoms with van der Waals surface area (Å²) in [4.78, 5) is 26.7. The number of anilines is 1. The molecule has 146 valence electrons. The van der Waals surface area contributed by atoms with Gasteiger partial charge in [-0.05, 0) is 48.7 Å². The molecule has 2 aliphatic heterocycles. The van der Waals surface area contributed by atoms with Crippen LogP contribution in [0, 0.1) is 0 Å². The van der Waals surface area contributed by atoms with E-state index in [-0.39, 0.29) is 18.0 Å². The first-order chi connectivity index (χ1) is 13.6. The number of rotatable bonds is 3. The molecule has 1 atom stereocenters. The van der Waals surface area contributed by atoms with Crippen molar-refractivity contribution < 1.29 is 14.3 Å². The molecule has 2 aliphatic rings. The summed E-state index contributed by atoms with van der Waals surface area (Å²) >= 11 is 6.00. The van der Waals surface area contributed by atoms with Crippen LogP contribution in [0.4, 0.5) is 10.5 Å². The number of para-hydroxylation sites is 1. The Kier molecular flexibility index (Phi) is 5.39. The largest absolute Gasteiger partial charge is 0.480 e. The number of urea groups is 1. The molecule has 1 saturated heterocycles. The maximum atomic E-state index is 12.6. The fraction of sp³-hybridized carbons (Fsp3) is 0.333. The van der Waals surface area contributed by atoms with E-state index in [1.54, 1.807) is 17.0 Å². The zero-order valence-electron chi connectivity index (χ0n) is 15.4. The number of halogens is 1. The van der Waals surface area contributed by atoms with E-state index in [1.165, 1.54) is 0 Å². The van der Waals surface area contributed by atoms with Crippen LogP contribution in [0.1, 0.15) is 18.4 Å². The van der Waals surface area contributed by atoms with Crippen LogP contribution >= 0.6 is 11.6 Å². The molecule has 2 heterocycles. The fourth-order valence-electron chi connectivity index (χ4n) is 3.61. The van der Waals surface area contributed by atoms with Gasteiger partial charge in [0.05, 0.1) is 0 Å². The summed E-state index contributed by atoms with van der Waals surface area (Å²) in [6.07, 6.45) is 1.45. The molecule has 4 rings (SSSR count). The number of nitrogens with zero attached hydrogens (tertiary/aromatic N) is 1. The second-order valence-corrected chi connectivity index (χ2v) is 7.57. The van der Waals surface area contributed by atoms with Crippen molar-refractivity contribution in [2.45, 2.75) is 31.4 Å². The van der Waals surface area contributed by atoms with Gasteiger partial charge in [0.1, 0.15) is 5.75 Å². The molecule has 2 aromatic carbocycles. The monoisotopic (exact) mass is 399 g/mol. The summed E-state index contributed by atoms with van der Waals surface area (Å²) in [5.41, 5.74) is 1.74. The molecular formula is C21H22ClN3O3. The topological polar surface area (TPSA) is 70.7 Å². The number of piperidine rings is 1. The molecule has 0 unspecified atom stereocenters. The van der Waals surface area contributed by atoms with Gasteiger partial charge < -0.3 is 20.3 Å². The number of fused-ring (bicyclic) bond motifs is 1. The molecule has 28 heavy (non-hydrogen) atoms. The van der Waals surface area contributed by atoms with Crippen molar-refractivity contribution in [2.75, 3.05) is 18.4 Å². The van der Waals surface area contributed by atoms with Crippen LogP contribution in [0.5, 0.6) is 5.75 Å². The van der Waals surface area contributed by atoms with Gasteiger partial charge in [-0.1, -0.05) is 29.8 Å². The van der Waals surface area contributed by atoms with E-state index in [1.807, 2.05) is 36.4 Å². The lowest BCUT2D eigenvalue weighted by Crippen LogP contribution is -2.50. The summed E-state index contributed by atoms with van der Waals surface area (Å²) < 4.78 is 5.75. The standard InChI is InChI=1S/C21H22ClN3O3/c22-15-6-7-18-14(12-15)13-19(28-18)20(26)23-17-8-10-25(11-9-17)21(27)24-16-4-2-1-3-5-16/h1-7,12,17,19H,8-11,13H2,(H,23,26)(H,24,27)/t19-/m1/s1. The van der Waals surface area contributed by atoms with Crippen LogP contribution < -0.4 is 15.4 Å². The van der Waals surface area contributed by atoms with E-state index in [9.17, 15) is 9.59 Å². The second kappa shape index (κ2) is 8.10. The zero-order chi connectivity index (χ0) is 19.5. The maximum Gasteiger partial charge on any atom is 0.321 e. The van der Waals surface area contributed by atoms with Gasteiger partial charge in [0, 0.05) is 36.3 Å². The van der Waals surface area contributed by atoms with Crippen molar-refractivity contribution >= 4 is 29.2 Å². The molecular weight excluding hydrogens is 378 g/mol. The van der Waals surface area contributed by atoms with E-state index in [0.29, 0.717) is 24.5 Å². The lowest BCUT2D eigenvalue weighted by molar-refractivity contribution is -0.128. The van der Waals surface area contributed by atoms with E-state index >= 15 is 0 Å². The number of carbonyl (C=O) groups excluding carboxylic acids is 2. The molecule has 0 bridgehead atoms. The van der Waals surface area contributed by atoms with Crippen LogP contribution in [0.15, 0.2) is 48.5 Å². The second-order valence-electron chi connectivity index (χ2n) is 7.13. The first-order valence-corrected chi connectivity index (χ1v) is 9.83. The highest BCUT2D eigenvalue weighted by molar-refractivity contribution is 6.30. The minimum Gasteiger partial charge on any atom is -0.480 e. The van der Waals surface area contributed by atoms with E-state index in [0.717, 1.165) is 29.8 Å². The van der Waals surface area contributed by atoms with Crippen LogP contribution in [0.3, 0.4) is 0 Å². The van der Waals surface area contributed by atoms with Crippen LogP contribution in [-0.4, -0.2) is 42.1 Å². The molecule has 6 nitrogen and oxygen atoms in total. The SMILES string of the molecule is O=C(NC1CCN(C(=O)Nc2ccccc2)CC1)[C@H]1Cc2cc(Cl)ccc2O1. The molecule has 0 aliphatic carbocycles. The first-order valence-electron chi connectivity index (χ1n) is 9.45. The first kappa shape index (κ1) is 18.6. The number of hydrogen-bond acceptors (Lipinski definition) is 3. The van der Waals surface area contributed by atoms with Crippen LogP contribution in [0.25, 0.3) is 0 Å². The highest BCUT2D eigenvalue weighted by atomic mass is 35.5. The molecule has 3 amide bonds. The smallest absolute Gasteiger partial charge is 0.321 e. The molecule has 0 spiro atoms. The lowest BCUT2D eigenvalue weighted by atomic mass is 10.0. The predicted molar refractivity (Wildman–Crippen MR) is 108 cm³/mol. The summed E-state index contributed by atoms with van der Waals surface area (Å²) in [7, 11) is 0. The van der Waals surface area contributed by atoms with Gasteiger partial charge in [0.15, 0.2) is 6.10 Å². The summed E-state index contributed by atoms with van der Waals surface area (Å²) in [5, 5.41) is 6.60. The van der Waals surface area contributed by atoms with E-state index < -0.39 is 6.10 Å². The maximum absolute atomic E-state index is 12.6. The number of ether oxygens (including phenoxy) is 1. The predicted octanol–water partition coefficient (Wildman–Crippen LogP) is 3.46. The minimum atomic E-state index is -0.520. The van der Waals surface area contributed by atoms with Crippen molar-refractivity contribution in [3.05, 3.63) is 59.1 Å². The van der Waals surface area contributed by atoms with Gasteiger partial charge in [-0.15, -0.1) is 0 Å². The number of hydrogen-bond donors (Lipinski definition) is 2. The lowest BCUT2D eigenvalue weighted by Gasteiger charge is -2.32. The number of carbonyl (C=O) groups is 2. The Hall–Kier alpha value is -2.73. The van der Waals surface area contributed by atoms with Gasteiger partial charge in [0.25, 0.3) is 5.91 Å². The number of amides is 3. The van der Waals surface area contributed by atoms with Gasteiger partial charge in [-0.25, -0.2) is 4.79 Å². The van der Waals surface area contributed by atoms with E-state index in [4.69, 9.17) is 16.3 Å². The van der Waals surface area contributed by atoms with Crippen LogP contribution in [0.2, 0.25) is 5.02 Å². The number of likely N-dealkylation sites (tertiary alicyclic amines) is 1. The molecule has 0 radical (unpaired) electrons. The molecule has 0 saturated carbocycles. The highest BCUT2D eigenvalue weighted by Crippen LogP contribution is 2.31. The van der Waals surface area contributed by atoms with Gasteiger partial charge >= 0.3 is 6.03 Å². The van der Waals surface area contributed by atoms with Gasteiger partial charge in [0.2, 0.25) is 0 Å². The summed E-state index contributed by atoms with van der Waals surface area (Å²) in [6.45, 7) is 1.20. The Morgan fingerprint density at radius 3 is 2.57 bits per heavy atom. The van der Waals surface area contributed by atoms with Crippen molar-refractivity contribution in [1.82, 2.24) is 10.2 Å². The molecule has 1 fully saturated rings. The third kappa shape index (κ3) is 4.22. The van der Waals surface area contributed by atoms with Crippen molar-refractivity contribution in [2.24, 2.45) is 0 Å². The Balaban J connectivity index is 1.24. The Labute approximate surface area is 168 Å². The van der Waals surface area contributed by atoms with Gasteiger partial charge in [-0.3, -0.25) is 4.79 Å². The zero-order valence-corrected chi connectivity index (χ0v) is 16.1.